The maximum Gasteiger partial charge on any atom is 0.264 e. The second-order valence-electron chi connectivity index (χ2n) is 7.21. The van der Waals surface area contributed by atoms with Crippen molar-refractivity contribution in [1.29, 1.82) is 0 Å². The second-order valence-corrected chi connectivity index (χ2v) is 8.29. The predicted octanol–water partition coefficient (Wildman–Crippen LogP) is 5.18. The number of benzene rings is 2. The molecule has 0 aliphatic carbocycles. The standard InChI is InChI=1S/C22H20FNO3S/c23-16-6-4-15-12-21(28-20(15)13-16)22(25)24-8-1-3-17(24)14-5-7-18-19(11-14)27-10-2-9-26-18/h4-7,11-13,17H,1-3,8-10H2/t17-/m0/s1. The predicted molar refractivity (Wildman–Crippen MR) is 107 cm³/mol. The van der Waals surface area contributed by atoms with Crippen molar-refractivity contribution in [2.24, 2.45) is 0 Å². The van der Waals surface area contributed by atoms with E-state index in [-0.39, 0.29) is 17.8 Å². The van der Waals surface area contributed by atoms with Gasteiger partial charge in [-0.15, -0.1) is 11.3 Å². The molecule has 3 aromatic rings. The molecule has 144 valence electrons. The summed E-state index contributed by atoms with van der Waals surface area (Å²) in [5.74, 6) is 1.26. The van der Waals surface area contributed by atoms with E-state index in [1.165, 1.54) is 23.5 Å². The number of ether oxygens (including phenoxy) is 2. The van der Waals surface area contributed by atoms with E-state index in [1.54, 1.807) is 6.07 Å². The molecule has 0 N–H and O–H groups in total. The van der Waals surface area contributed by atoms with Crippen LogP contribution >= 0.6 is 11.3 Å². The maximum atomic E-state index is 13.5. The Morgan fingerprint density at radius 1 is 1.04 bits per heavy atom. The Balaban J connectivity index is 1.44. The highest BCUT2D eigenvalue weighted by Gasteiger charge is 2.32. The Bertz CT molecular complexity index is 1050. The van der Waals surface area contributed by atoms with Crippen LogP contribution in [0, 0.1) is 5.82 Å². The molecule has 1 fully saturated rings. The molecule has 2 aliphatic heterocycles. The zero-order valence-corrected chi connectivity index (χ0v) is 16.1. The summed E-state index contributed by atoms with van der Waals surface area (Å²) in [5, 5.41) is 0.904. The number of rotatable bonds is 2. The van der Waals surface area contributed by atoms with Crippen LogP contribution in [-0.4, -0.2) is 30.6 Å². The van der Waals surface area contributed by atoms with Gasteiger partial charge in [0.25, 0.3) is 5.91 Å². The van der Waals surface area contributed by atoms with Crippen LogP contribution in [0.25, 0.3) is 10.1 Å². The average Bonchev–Trinajstić information content (AvgIpc) is 3.28. The third-order valence-corrected chi connectivity index (χ3v) is 6.45. The number of amides is 1. The molecule has 2 aliphatic rings. The molecular weight excluding hydrogens is 377 g/mol. The van der Waals surface area contributed by atoms with Gasteiger partial charge >= 0.3 is 0 Å². The summed E-state index contributed by atoms with van der Waals surface area (Å²) in [7, 11) is 0. The van der Waals surface area contributed by atoms with E-state index in [4.69, 9.17) is 9.47 Å². The summed E-state index contributed by atoms with van der Waals surface area (Å²) in [6.45, 7) is 2.02. The molecule has 1 aromatic heterocycles. The monoisotopic (exact) mass is 397 g/mol. The maximum absolute atomic E-state index is 13.5. The summed E-state index contributed by atoms with van der Waals surface area (Å²) >= 11 is 1.35. The molecule has 5 rings (SSSR count). The number of carbonyl (C=O) groups excluding carboxylic acids is 1. The molecule has 1 saturated heterocycles. The molecule has 3 heterocycles. The van der Waals surface area contributed by atoms with Crippen molar-refractivity contribution in [3.63, 3.8) is 0 Å². The van der Waals surface area contributed by atoms with Crippen LogP contribution < -0.4 is 9.47 Å². The van der Waals surface area contributed by atoms with E-state index in [1.807, 2.05) is 29.2 Å². The van der Waals surface area contributed by atoms with Gasteiger partial charge in [-0.3, -0.25) is 4.79 Å². The van der Waals surface area contributed by atoms with E-state index in [0.29, 0.717) is 18.1 Å². The molecular formula is C22H20FNO3S. The van der Waals surface area contributed by atoms with E-state index in [9.17, 15) is 9.18 Å². The Morgan fingerprint density at radius 2 is 1.89 bits per heavy atom. The van der Waals surface area contributed by atoms with Crippen LogP contribution in [0.5, 0.6) is 11.5 Å². The largest absolute Gasteiger partial charge is 0.490 e. The van der Waals surface area contributed by atoms with E-state index in [2.05, 4.69) is 0 Å². The molecule has 1 amide bonds. The smallest absolute Gasteiger partial charge is 0.264 e. The lowest BCUT2D eigenvalue weighted by molar-refractivity contribution is 0.0740. The highest BCUT2D eigenvalue weighted by atomic mass is 32.1. The third-order valence-electron chi connectivity index (χ3n) is 5.36. The van der Waals surface area contributed by atoms with Crippen molar-refractivity contribution >= 4 is 27.3 Å². The van der Waals surface area contributed by atoms with Crippen LogP contribution in [0.4, 0.5) is 4.39 Å². The zero-order chi connectivity index (χ0) is 19.1. The number of nitrogens with zero attached hydrogens (tertiary/aromatic N) is 1. The first-order chi connectivity index (χ1) is 13.7. The van der Waals surface area contributed by atoms with Gasteiger partial charge in [0, 0.05) is 17.7 Å². The van der Waals surface area contributed by atoms with Crippen molar-refractivity contribution in [3.8, 4) is 11.5 Å². The number of hydrogen-bond acceptors (Lipinski definition) is 4. The van der Waals surface area contributed by atoms with E-state index >= 15 is 0 Å². The first-order valence-corrected chi connectivity index (χ1v) is 10.4. The lowest BCUT2D eigenvalue weighted by Gasteiger charge is -2.25. The van der Waals surface area contributed by atoms with Crippen LogP contribution in [0.2, 0.25) is 0 Å². The zero-order valence-electron chi connectivity index (χ0n) is 15.3. The van der Waals surface area contributed by atoms with E-state index < -0.39 is 0 Å². The molecule has 6 heteroatoms. The van der Waals surface area contributed by atoms with Crippen LogP contribution in [0.1, 0.15) is 40.5 Å². The Kier molecular flexibility index (Phi) is 4.43. The number of carbonyl (C=O) groups is 1. The fourth-order valence-corrected chi connectivity index (χ4v) is 5.04. The van der Waals surface area contributed by atoms with Crippen LogP contribution in [0.15, 0.2) is 42.5 Å². The van der Waals surface area contributed by atoms with Crippen LogP contribution in [0.3, 0.4) is 0 Å². The van der Waals surface area contributed by atoms with E-state index in [0.717, 1.165) is 53.0 Å². The highest BCUT2D eigenvalue weighted by Crippen LogP contribution is 2.39. The minimum Gasteiger partial charge on any atom is -0.490 e. The Labute approximate surface area is 166 Å². The highest BCUT2D eigenvalue weighted by molar-refractivity contribution is 7.20. The second kappa shape index (κ2) is 7.09. The summed E-state index contributed by atoms with van der Waals surface area (Å²) in [6.07, 6.45) is 2.75. The van der Waals surface area contributed by atoms with Crippen molar-refractivity contribution in [3.05, 3.63) is 58.7 Å². The molecule has 2 aromatic carbocycles. The topological polar surface area (TPSA) is 38.8 Å². The quantitative estimate of drug-likeness (QED) is 0.598. The molecule has 28 heavy (non-hydrogen) atoms. The average molecular weight is 397 g/mol. The molecule has 1 atom stereocenters. The lowest BCUT2D eigenvalue weighted by Crippen LogP contribution is -2.29. The van der Waals surface area contributed by atoms with Gasteiger partial charge in [-0.2, -0.15) is 0 Å². The fraction of sp³-hybridized carbons (Fsp3) is 0.318. The first kappa shape index (κ1) is 17.5. The van der Waals surface area contributed by atoms with Gasteiger partial charge in [-0.25, -0.2) is 4.39 Å². The third kappa shape index (κ3) is 3.11. The summed E-state index contributed by atoms with van der Waals surface area (Å²) in [6, 6.07) is 12.5. The molecule has 0 unspecified atom stereocenters. The van der Waals surface area contributed by atoms with Gasteiger partial charge in [0.2, 0.25) is 0 Å². The molecule has 4 nitrogen and oxygen atoms in total. The molecule has 0 spiro atoms. The SMILES string of the molecule is O=C(c1cc2ccc(F)cc2s1)N1CCC[C@H]1c1ccc2c(c1)OCCCO2. The first-order valence-electron chi connectivity index (χ1n) is 9.59. The lowest BCUT2D eigenvalue weighted by atomic mass is 10.0. The van der Waals surface area contributed by atoms with Crippen molar-refractivity contribution in [2.75, 3.05) is 19.8 Å². The van der Waals surface area contributed by atoms with Gasteiger partial charge < -0.3 is 14.4 Å². The minimum atomic E-state index is -0.278. The van der Waals surface area contributed by atoms with Gasteiger partial charge in [0.05, 0.1) is 24.1 Å². The van der Waals surface area contributed by atoms with Gasteiger partial charge in [-0.1, -0.05) is 12.1 Å². The minimum absolute atomic E-state index is 0.0104. The Hall–Kier alpha value is -2.60. The van der Waals surface area contributed by atoms with Crippen molar-refractivity contribution in [1.82, 2.24) is 4.90 Å². The summed E-state index contributed by atoms with van der Waals surface area (Å²) < 4.78 is 25.8. The van der Waals surface area contributed by atoms with Crippen molar-refractivity contribution in [2.45, 2.75) is 25.3 Å². The van der Waals surface area contributed by atoms with Crippen LogP contribution in [-0.2, 0) is 0 Å². The van der Waals surface area contributed by atoms with Gasteiger partial charge in [0.15, 0.2) is 11.5 Å². The number of thiophene rings is 1. The van der Waals surface area contributed by atoms with Crippen molar-refractivity contribution < 1.29 is 18.7 Å². The normalized spacial score (nSPS) is 19.0. The number of halogens is 1. The molecule has 0 saturated carbocycles. The number of fused-ring (bicyclic) bond motifs is 2. The van der Waals surface area contributed by atoms with Gasteiger partial charge in [-0.05, 0) is 54.1 Å². The summed E-state index contributed by atoms with van der Waals surface area (Å²) in [4.78, 5) is 15.8. The molecule has 0 radical (unpaired) electrons. The number of likely N-dealkylation sites (tertiary alicyclic amines) is 1. The fourth-order valence-electron chi connectivity index (χ4n) is 4.00. The molecule has 0 bridgehead atoms. The number of hydrogen-bond donors (Lipinski definition) is 0. The Morgan fingerprint density at radius 3 is 2.79 bits per heavy atom. The summed E-state index contributed by atoms with van der Waals surface area (Å²) in [5.41, 5.74) is 1.07. The van der Waals surface area contributed by atoms with Gasteiger partial charge in [0.1, 0.15) is 5.82 Å².